The molecular weight excluding hydrogens is 597 g/mol. The number of carbonyl (C=O) groups excluding carboxylic acids is 2. The van der Waals surface area contributed by atoms with Crippen molar-refractivity contribution in [3.63, 3.8) is 0 Å². The van der Waals surface area contributed by atoms with Crippen LogP contribution in [-0.4, -0.2) is 50.7 Å². The predicted molar refractivity (Wildman–Crippen MR) is 158 cm³/mol. The highest BCUT2D eigenvalue weighted by Crippen LogP contribution is 2.35. The maximum atomic E-state index is 12.7. The summed E-state index contributed by atoms with van der Waals surface area (Å²) >= 11 is 1.23. The van der Waals surface area contributed by atoms with Gasteiger partial charge in [0.15, 0.2) is 17.7 Å². The summed E-state index contributed by atoms with van der Waals surface area (Å²) in [6, 6.07) is 17.4. The molecule has 1 N–H and O–H groups in total. The first-order valence-electron chi connectivity index (χ1n) is 13.7. The Hall–Kier alpha value is -4.85. The van der Waals surface area contributed by atoms with E-state index in [1.807, 2.05) is 12.1 Å². The van der Waals surface area contributed by atoms with Crippen molar-refractivity contribution in [2.45, 2.75) is 32.0 Å². The van der Waals surface area contributed by atoms with Gasteiger partial charge in [0.05, 0.1) is 17.1 Å². The van der Waals surface area contributed by atoms with Crippen molar-refractivity contribution in [1.29, 1.82) is 0 Å². The second-order valence-corrected chi connectivity index (χ2v) is 10.8. The summed E-state index contributed by atoms with van der Waals surface area (Å²) in [5.74, 6) is 0.647. The molecule has 14 heteroatoms. The number of amidine groups is 1. The lowest BCUT2D eigenvalue weighted by atomic mass is 9.90. The van der Waals surface area contributed by atoms with Crippen LogP contribution in [0.5, 0.6) is 11.5 Å². The van der Waals surface area contributed by atoms with Crippen LogP contribution in [-0.2, 0) is 17.6 Å². The minimum Gasteiger partial charge on any atom is -0.473 e. The first-order chi connectivity index (χ1) is 21.2. The molecule has 2 aliphatic rings. The molecule has 10 nitrogen and oxygen atoms in total. The molecule has 0 bridgehead atoms. The standard InChI is InChI=1S/C30H25F3N6O4S/c31-30(32,33)43-23-14-10-21(11-15-23)38-17-34-27(37-38)20-8-12-22(13-9-20)42-18-35-28(41)36-29-39(26(40)16-44-29)25-7-3-5-19-4-1-2-6-24(19)25/h3,5,7-15,17H,1-2,4,6,16,18H2,(H,35,41). The van der Waals surface area contributed by atoms with Gasteiger partial charge in [-0.25, -0.2) is 14.5 Å². The van der Waals surface area contributed by atoms with Gasteiger partial charge in [-0.3, -0.25) is 9.69 Å². The zero-order valence-electron chi connectivity index (χ0n) is 23.1. The van der Waals surface area contributed by atoms with Crippen molar-refractivity contribution in [2.75, 3.05) is 17.4 Å². The molecule has 4 aromatic rings. The lowest BCUT2D eigenvalue weighted by Gasteiger charge is -2.24. The topological polar surface area (TPSA) is 111 Å². The molecular formula is C30H25F3N6O4S. The Morgan fingerprint density at radius 3 is 2.52 bits per heavy atom. The highest BCUT2D eigenvalue weighted by atomic mass is 32.2. The third kappa shape index (κ3) is 6.70. The SMILES string of the molecule is O=C(N=C1SCC(=O)N1c1cccc2c1CCCC2)NCOc1ccc(-c2ncn(-c3ccc(OC(F)(F)F)cc3)n2)cc1. The quantitative estimate of drug-likeness (QED) is 0.256. The molecule has 0 saturated carbocycles. The van der Waals surface area contributed by atoms with Crippen LogP contribution in [0.15, 0.2) is 78.0 Å². The molecule has 1 saturated heterocycles. The molecule has 3 amide bonds. The van der Waals surface area contributed by atoms with Gasteiger partial charge in [0, 0.05) is 5.56 Å². The first kappa shape index (κ1) is 29.2. The molecule has 1 aliphatic heterocycles. The third-order valence-corrected chi connectivity index (χ3v) is 7.90. The van der Waals surface area contributed by atoms with E-state index in [9.17, 15) is 22.8 Å². The van der Waals surface area contributed by atoms with E-state index in [4.69, 9.17) is 4.74 Å². The molecule has 1 aromatic heterocycles. The molecule has 1 aliphatic carbocycles. The maximum absolute atomic E-state index is 12.7. The van der Waals surface area contributed by atoms with E-state index < -0.39 is 12.4 Å². The van der Waals surface area contributed by atoms with Crippen LogP contribution < -0.4 is 19.7 Å². The fourth-order valence-corrected chi connectivity index (χ4v) is 5.84. The lowest BCUT2D eigenvalue weighted by Crippen LogP contribution is -2.33. The number of alkyl halides is 3. The Morgan fingerprint density at radius 1 is 1.00 bits per heavy atom. The number of halogens is 3. The van der Waals surface area contributed by atoms with Gasteiger partial charge in [0.1, 0.15) is 17.8 Å². The van der Waals surface area contributed by atoms with Gasteiger partial charge in [0.25, 0.3) is 0 Å². The van der Waals surface area contributed by atoms with E-state index in [0.717, 1.165) is 36.9 Å². The largest absolute Gasteiger partial charge is 0.573 e. The smallest absolute Gasteiger partial charge is 0.473 e. The van der Waals surface area contributed by atoms with E-state index in [0.29, 0.717) is 28.0 Å². The van der Waals surface area contributed by atoms with Crippen molar-refractivity contribution >= 4 is 34.6 Å². The van der Waals surface area contributed by atoms with Crippen LogP contribution in [0.1, 0.15) is 24.0 Å². The zero-order valence-corrected chi connectivity index (χ0v) is 23.9. The molecule has 0 spiro atoms. The van der Waals surface area contributed by atoms with Crippen LogP contribution >= 0.6 is 11.8 Å². The number of aliphatic imine (C=N–C) groups is 1. The van der Waals surface area contributed by atoms with Crippen LogP contribution in [0.2, 0.25) is 0 Å². The maximum Gasteiger partial charge on any atom is 0.573 e. The average Bonchev–Trinajstić information content (AvgIpc) is 3.64. The summed E-state index contributed by atoms with van der Waals surface area (Å²) < 4.78 is 48.1. The highest BCUT2D eigenvalue weighted by Gasteiger charge is 2.33. The minimum absolute atomic E-state index is 0.107. The Kier molecular flexibility index (Phi) is 8.24. The number of fused-ring (bicyclic) bond motifs is 1. The van der Waals surface area contributed by atoms with Crippen molar-refractivity contribution in [3.05, 3.63) is 84.2 Å². The molecule has 0 atom stereocenters. The number of ether oxygens (including phenoxy) is 2. The van der Waals surface area contributed by atoms with Gasteiger partial charge in [0.2, 0.25) is 5.91 Å². The van der Waals surface area contributed by atoms with Gasteiger partial charge in [-0.2, -0.15) is 4.99 Å². The van der Waals surface area contributed by atoms with Crippen LogP contribution in [0.3, 0.4) is 0 Å². The number of amides is 3. The summed E-state index contributed by atoms with van der Waals surface area (Å²) in [6.45, 7) is -0.144. The molecule has 2 heterocycles. The number of hydrogen-bond acceptors (Lipinski definition) is 7. The van der Waals surface area contributed by atoms with Crippen molar-refractivity contribution in [2.24, 2.45) is 4.99 Å². The second kappa shape index (κ2) is 12.4. The number of nitrogens with one attached hydrogen (secondary N) is 1. The Bertz CT molecular complexity index is 1710. The van der Waals surface area contributed by atoms with Crippen LogP contribution in [0.4, 0.5) is 23.7 Å². The van der Waals surface area contributed by atoms with E-state index in [-0.39, 0.29) is 24.1 Å². The Balaban J connectivity index is 1.04. The monoisotopic (exact) mass is 622 g/mol. The van der Waals surface area contributed by atoms with E-state index in [1.54, 1.807) is 29.2 Å². The summed E-state index contributed by atoms with van der Waals surface area (Å²) in [5, 5.41) is 7.31. The van der Waals surface area contributed by atoms with Gasteiger partial charge >= 0.3 is 12.4 Å². The number of urea groups is 1. The number of nitrogens with zero attached hydrogens (tertiary/aromatic N) is 5. The average molecular weight is 623 g/mol. The highest BCUT2D eigenvalue weighted by molar-refractivity contribution is 8.15. The zero-order chi connectivity index (χ0) is 30.7. The van der Waals surface area contributed by atoms with E-state index in [1.165, 1.54) is 52.6 Å². The Morgan fingerprint density at radius 2 is 1.75 bits per heavy atom. The normalized spacial score (nSPS) is 15.8. The number of aromatic nitrogens is 3. The van der Waals surface area contributed by atoms with Crippen molar-refractivity contribution in [3.8, 4) is 28.6 Å². The van der Waals surface area contributed by atoms with E-state index >= 15 is 0 Å². The molecule has 1 fully saturated rings. The summed E-state index contributed by atoms with van der Waals surface area (Å²) in [7, 11) is 0. The number of rotatable bonds is 7. The second-order valence-electron chi connectivity index (χ2n) is 9.88. The van der Waals surface area contributed by atoms with Gasteiger partial charge < -0.3 is 14.8 Å². The molecule has 6 rings (SSSR count). The fraction of sp³-hybridized carbons (Fsp3) is 0.233. The molecule has 0 unspecified atom stereocenters. The summed E-state index contributed by atoms with van der Waals surface area (Å²) in [6.07, 6.45) is 0.731. The van der Waals surface area contributed by atoms with Crippen molar-refractivity contribution in [1.82, 2.24) is 20.1 Å². The molecule has 3 aromatic carbocycles. The molecule has 0 radical (unpaired) electrons. The summed E-state index contributed by atoms with van der Waals surface area (Å²) in [5.41, 5.74) is 4.36. The van der Waals surface area contributed by atoms with Crippen molar-refractivity contribution < 1.29 is 32.2 Å². The lowest BCUT2D eigenvalue weighted by molar-refractivity contribution is -0.274. The van der Waals surface area contributed by atoms with Crippen LogP contribution in [0, 0.1) is 0 Å². The molecule has 226 valence electrons. The number of carbonyl (C=O) groups is 2. The fourth-order valence-electron chi connectivity index (χ4n) is 4.98. The van der Waals surface area contributed by atoms with E-state index in [2.05, 4.69) is 31.2 Å². The predicted octanol–water partition coefficient (Wildman–Crippen LogP) is 5.89. The molecule has 44 heavy (non-hydrogen) atoms. The third-order valence-electron chi connectivity index (χ3n) is 6.98. The first-order valence-corrected chi connectivity index (χ1v) is 14.7. The number of aryl methyl sites for hydroxylation is 1. The van der Waals surface area contributed by atoms with Crippen LogP contribution in [0.25, 0.3) is 17.1 Å². The number of thioether (sulfide) groups is 1. The summed E-state index contributed by atoms with van der Waals surface area (Å²) in [4.78, 5) is 35.3. The van der Waals surface area contributed by atoms with Gasteiger partial charge in [-0.15, -0.1) is 18.3 Å². The Labute approximate surface area is 253 Å². The van der Waals surface area contributed by atoms with Gasteiger partial charge in [-0.05, 0) is 91.4 Å². The minimum atomic E-state index is -4.77. The van der Waals surface area contributed by atoms with Gasteiger partial charge in [-0.1, -0.05) is 23.9 Å². The number of anilines is 1. The number of benzene rings is 3. The number of hydrogen-bond donors (Lipinski definition) is 1.